The molecule has 16 heavy (non-hydrogen) atoms. The maximum absolute atomic E-state index is 6.14. The molecule has 1 aliphatic rings. The van der Waals surface area contributed by atoms with Crippen LogP contribution in [0, 0.1) is 0 Å². The lowest BCUT2D eigenvalue weighted by atomic mass is 9.90. The van der Waals surface area contributed by atoms with Crippen molar-refractivity contribution >= 4 is 23.2 Å². The fraction of sp³-hybridized carbons (Fsp3) is 0.500. The largest absolute Gasteiger partial charge is 0.495 e. The van der Waals surface area contributed by atoms with Gasteiger partial charge in [-0.05, 0) is 38.4 Å². The minimum absolute atomic E-state index is 0.0834. The van der Waals surface area contributed by atoms with Crippen LogP contribution in [-0.4, -0.2) is 13.7 Å². The molecule has 0 saturated carbocycles. The molecule has 1 saturated heterocycles. The summed E-state index contributed by atoms with van der Waals surface area (Å²) >= 11 is 12.2. The van der Waals surface area contributed by atoms with Gasteiger partial charge in [0.25, 0.3) is 0 Å². The highest BCUT2D eigenvalue weighted by atomic mass is 35.5. The molecule has 1 aromatic rings. The van der Waals surface area contributed by atoms with E-state index >= 15 is 0 Å². The molecule has 2 rings (SSSR count). The van der Waals surface area contributed by atoms with Crippen LogP contribution in [0.4, 0.5) is 0 Å². The highest BCUT2D eigenvalue weighted by Gasteiger charge is 2.33. The van der Waals surface area contributed by atoms with Gasteiger partial charge in [0.05, 0.1) is 12.1 Å². The fourth-order valence-electron chi connectivity index (χ4n) is 2.30. The van der Waals surface area contributed by atoms with E-state index in [0.717, 1.165) is 30.7 Å². The second kappa shape index (κ2) is 4.44. The molecule has 1 atom stereocenters. The highest BCUT2D eigenvalue weighted by Crippen LogP contribution is 2.41. The molecule has 1 unspecified atom stereocenters. The number of halogens is 2. The van der Waals surface area contributed by atoms with E-state index in [1.807, 2.05) is 6.07 Å². The quantitative estimate of drug-likeness (QED) is 0.877. The Hall–Kier alpha value is -0.440. The molecular formula is C12H15Cl2NO. The minimum Gasteiger partial charge on any atom is -0.495 e. The summed E-state index contributed by atoms with van der Waals surface area (Å²) in [6.07, 6.45) is 2.23. The van der Waals surface area contributed by atoms with Gasteiger partial charge in [0.2, 0.25) is 0 Å². The summed E-state index contributed by atoms with van der Waals surface area (Å²) in [5.74, 6) is 0.725. The van der Waals surface area contributed by atoms with Gasteiger partial charge in [0.15, 0.2) is 0 Å². The zero-order valence-electron chi connectivity index (χ0n) is 9.44. The van der Waals surface area contributed by atoms with Crippen LogP contribution in [0.5, 0.6) is 5.75 Å². The molecule has 0 spiro atoms. The lowest BCUT2D eigenvalue weighted by Gasteiger charge is -2.27. The number of hydrogen-bond donors (Lipinski definition) is 1. The van der Waals surface area contributed by atoms with Crippen molar-refractivity contribution in [2.75, 3.05) is 13.7 Å². The molecule has 0 radical (unpaired) electrons. The predicted molar refractivity (Wildman–Crippen MR) is 67.6 cm³/mol. The van der Waals surface area contributed by atoms with Crippen molar-refractivity contribution in [2.45, 2.75) is 25.3 Å². The summed E-state index contributed by atoms with van der Waals surface area (Å²) in [5, 5.41) is 4.70. The highest BCUT2D eigenvalue weighted by molar-refractivity contribution is 6.35. The first-order chi connectivity index (χ1) is 7.57. The van der Waals surface area contributed by atoms with E-state index in [2.05, 4.69) is 12.2 Å². The Kier molecular flexibility index (Phi) is 3.34. The minimum atomic E-state index is -0.0834. The Bertz CT molecular complexity index is 400. The van der Waals surface area contributed by atoms with Crippen molar-refractivity contribution in [3.05, 3.63) is 27.7 Å². The number of benzene rings is 1. The zero-order valence-corrected chi connectivity index (χ0v) is 11.0. The molecule has 88 valence electrons. The third-order valence-corrected chi connectivity index (χ3v) is 3.67. The normalized spacial score (nSPS) is 24.8. The lowest BCUT2D eigenvalue weighted by Crippen LogP contribution is -2.33. The third kappa shape index (κ3) is 2.02. The summed E-state index contributed by atoms with van der Waals surface area (Å²) in [7, 11) is 1.64. The molecule has 1 aromatic carbocycles. The average Bonchev–Trinajstić information content (AvgIpc) is 2.65. The van der Waals surface area contributed by atoms with Crippen LogP contribution in [0.25, 0.3) is 0 Å². The summed E-state index contributed by atoms with van der Waals surface area (Å²) in [6, 6.07) is 3.65. The van der Waals surface area contributed by atoms with E-state index in [-0.39, 0.29) is 5.54 Å². The molecule has 1 fully saturated rings. The smallest absolute Gasteiger partial charge is 0.142 e. The van der Waals surface area contributed by atoms with Crippen LogP contribution in [0.15, 0.2) is 12.1 Å². The maximum atomic E-state index is 6.14. The van der Waals surface area contributed by atoms with Gasteiger partial charge in [-0.1, -0.05) is 23.2 Å². The van der Waals surface area contributed by atoms with Crippen LogP contribution in [0.3, 0.4) is 0 Å². The van der Waals surface area contributed by atoms with Gasteiger partial charge in [0.1, 0.15) is 5.75 Å². The fourth-order valence-corrected chi connectivity index (χ4v) is 2.87. The van der Waals surface area contributed by atoms with E-state index in [0.29, 0.717) is 10.0 Å². The monoisotopic (exact) mass is 259 g/mol. The van der Waals surface area contributed by atoms with Gasteiger partial charge in [0, 0.05) is 16.1 Å². The summed E-state index contributed by atoms with van der Waals surface area (Å²) in [4.78, 5) is 0. The van der Waals surface area contributed by atoms with Crippen molar-refractivity contribution in [3.8, 4) is 5.75 Å². The first kappa shape index (κ1) is 12.0. The first-order valence-corrected chi connectivity index (χ1v) is 6.11. The van der Waals surface area contributed by atoms with Gasteiger partial charge in [-0.15, -0.1) is 0 Å². The predicted octanol–water partition coefficient (Wildman–Crippen LogP) is 3.60. The number of ether oxygens (including phenoxy) is 1. The van der Waals surface area contributed by atoms with Crippen molar-refractivity contribution in [1.29, 1.82) is 0 Å². The van der Waals surface area contributed by atoms with Gasteiger partial charge in [-0.3, -0.25) is 0 Å². The van der Waals surface area contributed by atoms with Crippen molar-refractivity contribution in [2.24, 2.45) is 0 Å². The van der Waals surface area contributed by atoms with Gasteiger partial charge in [-0.25, -0.2) is 0 Å². The van der Waals surface area contributed by atoms with Crippen molar-refractivity contribution < 1.29 is 4.74 Å². The maximum Gasteiger partial charge on any atom is 0.142 e. The second-order valence-corrected chi connectivity index (χ2v) is 5.17. The van der Waals surface area contributed by atoms with Gasteiger partial charge < -0.3 is 10.1 Å². The number of rotatable bonds is 2. The van der Waals surface area contributed by atoms with E-state index in [1.54, 1.807) is 13.2 Å². The van der Waals surface area contributed by atoms with Crippen molar-refractivity contribution in [3.63, 3.8) is 0 Å². The number of methoxy groups -OCH3 is 1. The summed E-state index contributed by atoms with van der Waals surface area (Å²) < 4.78 is 5.38. The van der Waals surface area contributed by atoms with Crippen LogP contribution in [0.1, 0.15) is 25.3 Å². The molecule has 0 amide bonds. The number of nitrogens with one attached hydrogen (secondary N) is 1. The van der Waals surface area contributed by atoms with Crippen LogP contribution < -0.4 is 10.1 Å². The van der Waals surface area contributed by atoms with Gasteiger partial charge in [-0.2, -0.15) is 0 Å². The van der Waals surface area contributed by atoms with E-state index in [4.69, 9.17) is 27.9 Å². The van der Waals surface area contributed by atoms with Crippen molar-refractivity contribution in [1.82, 2.24) is 5.32 Å². The van der Waals surface area contributed by atoms with Crippen LogP contribution in [0.2, 0.25) is 10.0 Å². The lowest BCUT2D eigenvalue weighted by molar-refractivity contribution is 0.371. The Labute approximate surface area is 106 Å². The summed E-state index contributed by atoms with van der Waals surface area (Å²) in [6.45, 7) is 3.17. The molecular weight excluding hydrogens is 245 g/mol. The topological polar surface area (TPSA) is 21.3 Å². The average molecular weight is 260 g/mol. The molecule has 2 nitrogen and oxygen atoms in total. The molecule has 4 heteroatoms. The Balaban J connectivity index is 2.53. The molecule has 0 bridgehead atoms. The Morgan fingerprint density at radius 3 is 2.69 bits per heavy atom. The molecule has 1 aliphatic heterocycles. The molecule has 1 heterocycles. The zero-order chi connectivity index (χ0) is 11.8. The van der Waals surface area contributed by atoms with E-state index in [1.165, 1.54) is 0 Å². The summed E-state index contributed by atoms with van der Waals surface area (Å²) in [5.41, 5.74) is 0.963. The van der Waals surface area contributed by atoms with Crippen LogP contribution in [-0.2, 0) is 5.54 Å². The first-order valence-electron chi connectivity index (χ1n) is 5.35. The molecule has 0 aromatic heterocycles. The van der Waals surface area contributed by atoms with E-state index in [9.17, 15) is 0 Å². The third-order valence-electron chi connectivity index (χ3n) is 3.18. The second-order valence-electron chi connectivity index (χ2n) is 4.33. The standard InChI is InChI=1S/C12H15Cl2NO/c1-12(4-3-5-15-12)9-6-8(13)7-10(14)11(9)16-2/h6-7,15H,3-5H2,1-2H3. The molecule has 0 aliphatic carbocycles. The van der Waals surface area contributed by atoms with Crippen LogP contribution >= 0.6 is 23.2 Å². The number of hydrogen-bond acceptors (Lipinski definition) is 2. The van der Waals surface area contributed by atoms with Gasteiger partial charge >= 0.3 is 0 Å². The molecule has 1 N–H and O–H groups in total. The Morgan fingerprint density at radius 2 is 2.12 bits per heavy atom. The SMILES string of the molecule is COc1c(Cl)cc(Cl)cc1C1(C)CCCN1. The van der Waals surface area contributed by atoms with E-state index < -0.39 is 0 Å². The Morgan fingerprint density at radius 1 is 1.38 bits per heavy atom.